The van der Waals surface area contributed by atoms with Crippen molar-refractivity contribution in [1.82, 2.24) is 5.32 Å². The number of nitrogens with one attached hydrogen (secondary N) is 1. The molecule has 0 fully saturated rings. The molecule has 0 aliphatic carbocycles. The first-order valence-corrected chi connectivity index (χ1v) is 6.77. The van der Waals surface area contributed by atoms with Crippen LogP contribution in [0.4, 0.5) is 0 Å². The van der Waals surface area contributed by atoms with E-state index >= 15 is 0 Å². The molecule has 1 rings (SSSR count). The number of rotatable bonds is 7. The highest BCUT2D eigenvalue weighted by atomic mass is 35.5. The standard InChI is InChI=1S/C15H20ClNO2/c1-4-10-17-15(5-2,14(18)19-6-3)12-8-7-9-13(16)11-12/h4,7-9,11,17H,1,5-6,10H2,2-3H3. The first-order chi connectivity index (χ1) is 9.10. The third-order valence-corrected chi connectivity index (χ3v) is 3.25. The van der Waals surface area contributed by atoms with E-state index in [1.54, 1.807) is 25.1 Å². The summed E-state index contributed by atoms with van der Waals surface area (Å²) in [4.78, 5) is 12.4. The van der Waals surface area contributed by atoms with Crippen molar-refractivity contribution >= 4 is 17.6 Å². The summed E-state index contributed by atoms with van der Waals surface area (Å²) in [5, 5.41) is 3.81. The number of hydrogen-bond acceptors (Lipinski definition) is 3. The normalized spacial score (nSPS) is 13.6. The molecule has 1 atom stereocenters. The summed E-state index contributed by atoms with van der Waals surface area (Å²) >= 11 is 6.02. The molecule has 0 saturated heterocycles. The fourth-order valence-electron chi connectivity index (χ4n) is 2.02. The largest absolute Gasteiger partial charge is 0.464 e. The zero-order valence-electron chi connectivity index (χ0n) is 11.4. The molecule has 0 aliphatic heterocycles. The van der Waals surface area contributed by atoms with Gasteiger partial charge in [0.1, 0.15) is 5.54 Å². The summed E-state index contributed by atoms with van der Waals surface area (Å²) in [7, 11) is 0. The lowest BCUT2D eigenvalue weighted by atomic mass is 9.87. The highest BCUT2D eigenvalue weighted by molar-refractivity contribution is 6.30. The van der Waals surface area contributed by atoms with Crippen LogP contribution in [0.15, 0.2) is 36.9 Å². The lowest BCUT2D eigenvalue weighted by molar-refractivity contribution is -0.152. The first-order valence-electron chi connectivity index (χ1n) is 6.40. The summed E-state index contributed by atoms with van der Waals surface area (Å²) in [6.07, 6.45) is 2.29. The van der Waals surface area contributed by atoms with Crippen molar-refractivity contribution in [3.05, 3.63) is 47.5 Å². The van der Waals surface area contributed by atoms with Gasteiger partial charge in [-0.3, -0.25) is 5.32 Å². The zero-order chi connectivity index (χ0) is 14.3. The fourth-order valence-corrected chi connectivity index (χ4v) is 2.21. The molecule has 0 aromatic heterocycles. The van der Waals surface area contributed by atoms with Crippen molar-refractivity contribution in [2.45, 2.75) is 25.8 Å². The van der Waals surface area contributed by atoms with Gasteiger partial charge in [-0.15, -0.1) is 6.58 Å². The quantitative estimate of drug-likeness (QED) is 0.616. The van der Waals surface area contributed by atoms with E-state index in [1.807, 2.05) is 19.1 Å². The number of esters is 1. The Morgan fingerprint density at radius 3 is 2.79 bits per heavy atom. The van der Waals surface area contributed by atoms with Crippen LogP contribution in [-0.2, 0) is 15.1 Å². The molecule has 0 saturated carbocycles. The van der Waals surface area contributed by atoms with Crippen LogP contribution in [0.3, 0.4) is 0 Å². The van der Waals surface area contributed by atoms with Crippen LogP contribution in [0.2, 0.25) is 5.02 Å². The summed E-state index contributed by atoms with van der Waals surface area (Å²) < 4.78 is 5.21. The Kier molecular flexibility index (Phi) is 6.06. The summed E-state index contributed by atoms with van der Waals surface area (Å²) in [5.41, 5.74) is -0.0717. The van der Waals surface area contributed by atoms with E-state index in [0.29, 0.717) is 24.6 Å². The van der Waals surface area contributed by atoms with Gasteiger partial charge in [0.25, 0.3) is 0 Å². The smallest absolute Gasteiger partial charge is 0.330 e. The molecule has 0 bridgehead atoms. The van der Waals surface area contributed by atoms with Gasteiger partial charge < -0.3 is 4.74 Å². The topological polar surface area (TPSA) is 38.3 Å². The van der Waals surface area contributed by atoms with Crippen LogP contribution >= 0.6 is 11.6 Å². The van der Waals surface area contributed by atoms with E-state index in [2.05, 4.69) is 11.9 Å². The molecule has 1 N–H and O–H groups in total. The highest BCUT2D eigenvalue weighted by Crippen LogP contribution is 2.28. The monoisotopic (exact) mass is 281 g/mol. The molecule has 1 aromatic carbocycles. The molecule has 19 heavy (non-hydrogen) atoms. The Balaban J connectivity index is 3.22. The predicted molar refractivity (Wildman–Crippen MR) is 78.3 cm³/mol. The molecule has 3 nitrogen and oxygen atoms in total. The molecule has 0 radical (unpaired) electrons. The van der Waals surface area contributed by atoms with Gasteiger partial charge in [-0.25, -0.2) is 4.79 Å². The Morgan fingerprint density at radius 1 is 1.53 bits per heavy atom. The lowest BCUT2D eigenvalue weighted by Gasteiger charge is -2.31. The van der Waals surface area contributed by atoms with Gasteiger partial charge in [-0.2, -0.15) is 0 Å². The third kappa shape index (κ3) is 3.58. The second kappa shape index (κ2) is 7.31. The number of hydrogen-bond donors (Lipinski definition) is 1. The van der Waals surface area contributed by atoms with Crippen molar-refractivity contribution in [3.63, 3.8) is 0 Å². The summed E-state index contributed by atoms with van der Waals surface area (Å²) in [5.74, 6) is -0.290. The Labute approximate surface area is 119 Å². The highest BCUT2D eigenvalue weighted by Gasteiger charge is 2.39. The molecule has 0 spiro atoms. The summed E-state index contributed by atoms with van der Waals surface area (Å²) in [6.45, 7) is 8.26. The lowest BCUT2D eigenvalue weighted by Crippen LogP contribution is -2.49. The molecule has 104 valence electrons. The van der Waals surface area contributed by atoms with Crippen molar-refractivity contribution in [2.24, 2.45) is 0 Å². The fraction of sp³-hybridized carbons (Fsp3) is 0.400. The molecule has 1 aromatic rings. The maximum Gasteiger partial charge on any atom is 0.330 e. The molecule has 0 aliphatic rings. The number of carbonyl (C=O) groups excluding carboxylic acids is 1. The van der Waals surface area contributed by atoms with Crippen LogP contribution in [0, 0.1) is 0 Å². The number of halogens is 1. The predicted octanol–water partition coefficient (Wildman–Crippen LogP) is 3.28. The van der Waals surface area contributed by atoms with Gasteiger partial charge in [-0.05, 0) is 31.0 Å². The van der Waals surface area contributed by atoms with E-state index in [-0.39, 0.29) is 5.97 Å². The van der Waals surface area contributed by atoms with Crippen molar-refractivity contribution in [3.8, 4) is 0 Å². The minimum atomic E-state index is -0.880. The third-order valence-electron chi connectivity index (χ3n) is 3.02. The molecule has 0 amide bonds. The van der Waals surface area contributed by atoms with Crippen molar-refractivity contribution < 1.29 is 9.53 Å². The second-order valence-electron chi connectivity index (χ2n) is 4.16. The van der Waals surface area contributed by atoms with E-state index in [0.717, 1.165) is 5.56 Å². The SMILES string of the molecule is C=CCNC(CC)(C(=O)OCC)c1cccc(Cl)c1. The molecule has 1 unspecified atom stereocenters. The van der Waals surface area contributed by atoms with Crippen LogP contribution in [0.1, 0.15) is 25.8 Å². The Bertz CT molecular complexity index is 448. The van der Waals surface area contributed by atoms with E-state index < -0.39 is 5.54 Å². The average molecular weight is 282 g/mol. The van der Waals surface area contributed by atoms with Gasteiger partial charge in [0.2, 0.25) is 0 Å². The van der Waals surface area contributed by atoms with Crippen LogP contribution in [0.5, 0.6) is 0 Å². The van der Waals surface area contributed by atoms with Gasteiger partial charge in [0.15, 0.2) is 0 Å². The van der Waals surface area contributed by atoms with E-state index in [9.17, 15) is 4.79 Å². The molecular formula is C15H20ClNO2. The van der Waals surface area contributed by atoms with Crippen molar-refractivity contribution in [1.29, 1.82) is 0 Å². The molecule has 0 heterocycles. The van der Waals surface area contributed by atoms with E-state index in [1.165, 1.54) is 0 Å². The molecule has 4 heteroatoms. The second-order valence-corrected chi connectivity index (χ2v) is 4.60. The number of benzene rings is 1. The maximum atomic E-state index is 12.4. The first kappa shape index (κ1) is 15.7. The van der Waals surface area contributed by atoms with Gasteiger partial charge >= 0.3 is 5.97 Å². The minimum Gasteiger partial charge on any atom is -0.464 e. The van der Waals surface area contributed by atoms with Gasteiger partial charge in [0, 0.05) is 11.6 Å². The van der Waals surface area contributed by atoms with E-state index in [4.69, 9.17) is 16.3 Å². The zero-order valence-corrected chi connectivity index (χ0v) is 12.2. The van der Waals surface area contributed by atoms with Gasteiger partial charge in [0.05, 0.1) is 6.61 Å². The van der Waals surface area contributed by atoms with Crippen molar-refractivity contribution in [2.75, 3.05) is 13.2 Å². The van der Waals surface area contributed by atoms with Crippen LogP contribution < -0.4 is 5.32 Å². The van der Waals surface area contributed by atoms with Gasteiger partial charge in [-0.1, -0.05) is 36.7 Å². The molecular weight excluding hydrogens is 262 g/mol. The minimum absolute atomic E-state index is 0.290. The Hall–Kier alpha value is -1.32. The Morgan fingerprint density at radius 2 is 2.26 bits per heavy atom. The summed E-state index contributed by atoms with van der Waals surface area (Å²) in [6, 6.07) is 7.28. The maximum absolute atomic E-state index is 12.4. The number of ether oxygens (including phenoxy) is 1. The average Bonchev–Trinajstić information content (AvgIpc) is 2.40. The number of carbonyl (C=O) groups is 1. The van der Waals surface area contributed by atoms with Crippen LogP contribution in [-0.4, -0.2) is 19.1 Å². The van der Waals surface area contributed by atoms with Crippen LogP contribution in [0.25, 0.3) is 0 Å².